The highest BCUT2D eigenvalue weighted by Gasteiger charge is 2.11. The van der Waals surface area contributed by atoms with Gasteiger partial charge in [0.2, 0.25) is 0 Å². The molecule has 0 spiro atoms. The fraction of sp³-hybridized carbons (Fsp3) is 0.182. The van der Waals surface area contributed by atoms with E-state index < -0.39 is 0 Å². The lowest BCUT2D eigenvalue weighted by Gasteiger charge is -2.16. The molecule has 0 amide bonds. The summed E-state index contributed by atoms with van der Waals surface area (Å²) in [5.74, 6) is 0.524. The Balaban J connectivity index is 2.16. The number of hydrogen-bond donors (Lipinski definition) is 0. The molecule has 0 saturated carbocycles. The van der Waals surface area contributed by atoms with Crippen LogP contribution in [-0.2, 0) is 0 Å². The van der Waals surface area contributed by atoms with Crippen molar-refractivity contribution in [3.63, 3.8) is 0 Å². The van der Waals surface area contributed by atoms with Gasteiger partial charge < -0.3 is 0 Å². The minimum Gasteiger partial charge on any atom is -0.0622 e. The molecule has 0 atom stereocenters. The predicted molar refractivity (Wildman–Crippen MR) is 96.1 cm³/mol. The molecule has 3 aromatic rings. The second-order valence-corrected chi connectivity index (χ2v) is 6.14. The van der Waals surface area contributed by atoms with Gasteiger partial charge in [-0.15, -0.1) is 0 Å². The molecule has 110 valence electrons. The molecular weight excluding hydrogens is 264 g/mol. The highest BCUT2D eigenvalue weighted by Crippen LogP contribution is 2.34. The maximum absolute atomic E-state index is 2.33. The van der Waals surface area contributed by atoms with Crippen LogP contribution in [0.4, 0.5) is 0 Å². The van der Waals surface area contributed by atoms with E-state index in [-0.39, 0.29) is 0 Å². The van der Waals surface area contributed by atoms with E-state index in [0.29, 0.717) is 5.92 Å². The van der Waals surface area contributed by atoms with E-state index in [2.05, 4.69) is 93.6 Å². The lowest BCUT2D eigenvalue weighted by molar-refractivity contribution is 0.869. The van der Waals surface area contributed by atoms with Crippen molar-refractivity contribution in [3.8, 4) is 22.3 Å². The molecule has 3 aromatic carbocycles. The average Bonchev–Trinajstić information content (AvgIpc) is 2.56. The molecule has 0 aromatic heterocycles. The third-order valence-corrected chi connectivity index (χ3v) is 4.22. The van der Waals surface area contributed by atoms with Crippen molar-refractivity contribution in [1.29, 1.82) is 0 Å². The third kappa shape index (κ3) is 2.82. The Hall–Kier alpha value is -2.34. The topological polar surface area (TPSA) is 0 Å². The smallest absolute Gasteiger partial charge is 0.0146 e. The molecule has 0 unspecified atom stereocenters. The molecule has 0 fully saturated rings. The number of hydrogen-bond acceptors (Lipinski definition) is 0. The van der Waals surface area contributed by atoms with Crippen molar-refractivity contribution in [3.05, 3.63) is 83.9 Å². The van der Waals surface area contributed by atoms with Crippen LogP contribution >= 0.6 is 0 Å². The Labute approximate surface area is 133 Å². The zero-order valence-electron chi connectivity index (χ0n) is 13.5. The van der Waals surface area contributed by atoms with Gasteiger partial charge in [0.25, 0.3) is 0 Å². The average molecular weight is 286 g/mol. The van der Waals surface area contributed by atoms with Gasteiger partial charge in [0, 0.05) is 0 Å². The molecule has 0 radical (unpaired) electrons. The normalized spacial score (nSPS) is 10.9. The van der Waals surface area contributed by atoms with Gasteiger partial charge in [-0.1, -0.05) is 80.6 Å². The molecule has 0 nitrogen and oxygen atoms in total. The highest BCUT2D eigenvalue weighted by molar-refractivity contribution is 5.77. The van der Waals surface area contributed by atoms with Crippen molar-refractivity contribution < 1.29 is 0 Å². The Morgan fingerprint density at radius 3 is 2.05 bits per heavy atom. The van der Waals surface area contributed by atoms with E-state index in [9.17, 15) is 0 Å². The van der Waals surface area contributed by atoms with Gasteiger partial charge in [0.1, 0.15) is 0 Å². The zero-order chi connectivity index (χ0) is 15.5. The Morgan fingerprint density at radius 2 is 1.32 bits per heavy atom. The first-order valence-corrected chi connectivity index (χ1v) is 7.92. The first kappa shape index (κ1) is 14.6. The summed E-state index contributed by atoms with van der Waals surface area (Å²) in [5, 5.41) is 0. The summed E-state index contributed by atoms with van der Waals surface area (Å²) < 4.78 is 0. The summed E-state index contributed by atoms with van der Waals surface area (Å²) in [6.45, 7) is 6.71. The number of rotatable bonds is 3. The van der Waals surface area contributed by atoms with Crippen LogP contribution in [0.15, 0.2) is 72.8 Å². The summed E-state index contributed by atoms with van der Waals surface area (Å²) >= 11 is 0. The SMILES string of the molecule is Cc1ccc(-c2ccccc2)cc1-c1ccccc1C(C)C. The van der Waals surface area contributed by atoms with Crippen LogP contribution in [0.25, 0.3) is 22.3 Å². The molecule has 3 rings (SSSR count). The van der Waals surface area contributed by atoms with Gasteiger partial charge in [0.05, 0.1) is 0 Å². The molecule has 0 saturated heterocycles. The van der Waals surface area contributed by atoms with Gasteiger partial charge in [-0.25, -0.2) is 0 Å². The van der Waals surface area contributed by atoms with Gasteiger partial charge in [-0.05, 0) is 52.3 Å². The van der Waals surface area contributed by atoms with E-state index in [4.69, 9.17) is 0 Å². The zero-order valence-corrected chi connectivity index (χ0v) is 13.5. The fourth-order valence-corrected chi connectivity index (χ4v) is 2.97. The van der Waals surface area contributed by atoms with Crippen molar-refractivity contribution in [2.45, 2.75) is 26.7 Å². The number of benzene rings is 3. The summed E-state index contributed by atoms with van der Waals surface area (Å²) in [6, 6.07) is 26.1. The molecule has 0 heteroatoms. The predicted octanol–water partition coefficient (Wildman–Crippen LogP) is 6.45. The van der Waals surface area contributed by atoms with E-state index in [0.717, 1.165) is 0 Å². The first-order chi connectivity index (χ1) is 10.7. The van der Waals surface area contributed by atoms with Crippen LogP contribution in [0, 0.1) is 6.92 Å². The molecule has 0 N–H and O–H groups in total. The van der Waals surface area contributed by atoms with E-state index in [1.54, 1.807) is 0 Å². The number of aryl methyl sites for hydroxylation is 1. The van der Waals surface area contributed by atoms with Crippen LogP contribution in [0.3, 0.4) is 0 Å². The third-order valence-electron chi connectivity index (χ3n) is 4.22. The quantitative estimate of drug-likeness (QED) is 0.519. The molecule has 0 aliphatic rings. The summed E-state index contributed by atoms with van der Waals surface area (Å²) in [5.41, 5.74) is 7.98. The largest absolute Gasteiger partial charge is 0.0622 e. The Kier molecular flexibility index (Phi) is 4.11. The van der Waals surface area contributed by atoms with Crippen molar-refractivity contribution in [2.75, 3.05) is 0 Å². The van der Waals surface area contributed by atoms with Gasteiger partial charge in [-0.3, -0.25) is 0 Å². The summed E-state index contributed by atoms with van der Waals surface area (Å²) in [4.78, 5) is 0. The van der Waals surface area contributed by atoms with Crippen molar-refractivity contribution >= 4 is 0 Å². The van der Waals surface area contributed by atoms with Crippen LogP contribution in [-0.4, -0.2) is 0 Å². The van der Waals surface area contributed by atoms with Crippen LogP contribution in [0.1, 0.15) is 30.9 Å². The molecular formula is C22H22. The maximum atomic E-state index is 2.33. The molecule has 0 bridgehead atoms. The Bertz CT molecular complexity index is 767. The Morgan fingerprint density at radius 1 is 0.636 bits per heavy atom. The van der Waals surface area contributed by atoms with Gasteiger partial charge in [0.15, 0.2) is 0 Å². The van der Waals surface area contributed by atoms with Gasteiger partial charge >= 0.3 is 0 Å². The minimum absolute atomic E-state index is 0.524. The van der Waals surface area contributed by atoms with Crippen molar-refractivity contribution in [2.24, 2.45) is 0 Å². The van der Waals surface area contributed by atoms with Crippen LogP contribution in [0.2, 0.25) is 0 Å². The van der Waals surface area contributed by atoms with Crippen LogP contribution in [0.5, 0.6) is 0 Å². The molecule has 0 aliphatic heterocycles. The summed E-state index contributed by atoms with van der Waals surface area (Å²) in [6.07, 6.45) is 0. The molecule has 22 heavy (non-hydrogen) atoms. The van der Waals surface area contributed by atoms with Crippen LogP contribution < -0.4 is 0 Å². The van der Waals surface area contributed by atoms with E-state index >= 15 is 0 Å². The van der Waals surface area contributed by atoms with Gasteiger partial charge in [-0.2, -0.15) is 0 Å². The molecule has 0 aliphatic carbocycles. The standard InChI is InChI=1S/C22H22/c1-16(2)20-11-7-8-12-21(20)22-15-19(14-13-17(22)3)18-9-5-4-6-10-18/h4-16H,1-3H3. The monoisotopic (exact) mass is 286 g/mol. The first-order valence-electron chi connectivity index (χ1n) is 7.92. The molecule has 0 heterocycles. The van der Waals surface area contributed by atoms with E-state index in [1.807, 2.05) is 0 Å². The minimum atomic E-state index is 0.524. The second kappa shape index (κ2) is 6.19. The lowest BCUT2D eigenvalue weighted by Crippen LogP contribution is -1.94. The fourth-order valence-electron chi connectivity index (χ4n) is 2.97. The highest BCUT2D eigenvalue weighted by atomic mass is 14.2. The summed E-state index contributed by atoms with van der Waals surface area (Å²) in [7, 11) is 0. The maximum Gasteiger partial charge on any atom is -0.0146 e. The van der Waals surface area contributed by atoms with Crippen molar-refractivity contribution in [1.82, 2.24) is 0 Å². The lowest BCUT2D eigenvalue weighted by atomic mass is 9.89. The van der Waals surface area contributed by atoms with E-state index in [1.165, 1.54) is 33.4 Å². The second-order valence-electron chi connectivity index (χ2n) is 6.14.